The van der Waals surface area contributed by atoms with Gasteiger partial charge in [0.05, 0.1) is 13.2 Å². The van der Waals surface area contributed by atoms with E-state index in [0.717, 1.165) is 11.1 Å². The smallest absolute Gasteiger partial charge is 0.253 e. The maximum Gasteiger partial charge on any atom is 0.253 e. The molecule has 3 rings (SSSR count). The number of benzene rings is 2. The van der Waals surface area contributed by atoms with Crippen molar-refractivity contribution < 1.29 is 19.1 Å². The van der Waals surface area contributed by atoms with E-state index in [1.165, 1.54) is 0 Å². The van der Waals surface area contributed by atoms with Gasteiger partial charge in [-0.05, 0) is 56.7 Å². The molecule has 0 aromatic heterocycles. The summed E-state index contributed by atoms with van der Waals surface area (Å²) in [6.45, 7) is 9.05. The summed E-state index contributed by atoms with van der Waals surface area (Å²) in [6.07, 6.45) is 3.35. The van der Waals surface area contributed by atoms with E-state index < -0.39 is 0 Å². The van der Waals surface area contributed by atoms with E-state index in [1.54, 1.807) is 22.0 Å². The van der Waals surface area contributed by atoms with Crippen LogP contribution in [0.15, 0.2) is 48.5 Å². The molecule has 0 atom stereocenters. The van der Waals surface area contributed by atoms with Crippen LogP contribution in [0.25, 0.3) is 6.08 Å². The van der Waals surface area contributed by atoms with Gasteiger partial charge in [0.25, 0.3) is 5.91 Å². The van der Waals surface area contributed by atoms with E-state index in [1.807, 2.05) is 63.2 Å². The second-order valence-corrected chi connectivity index (χ2v) is 7.39. The van der Waals surface area contributed by atoms with Crippen LogP contribution >= 0.6 is 0 Å². The highest BCUT2D eigenvalue weighted by Gasteiger charge is 2.23. The Labute approximate surface area is 184 Å². The summed E-state index contributed by atoms with van der Waals surface area (Å²) in [5.74, 6) is 1.32. The minimum Gasteiger partial charge on any atom is -0.490 e. The van der Waals surface area contributed by atoms with E-state index in [2.05, 4.69) is 0 Å². The molecular weight excluding hydrogens is 392 g/mol. The molecule has 0 aliphatic carbocycles. The molecule has 2 aromatic carbocycles. The lowest BCUT2D eigenvalue weighted by atomic mass is 10.1. The van der Waals surface area contributed by atoms with Gasteiger partial charge in [0.2, 0.25) is 5.91 Å². The number of carbonyl (C=O) groups excluding carboxylic acids is 2. The summed E-state index contributed by atoms with van der Waals surface area (Å²) >= 11 is 0. The molecule has 0 saturated carbocycles. The lowest BCUT2D eigenvalue weighted by Gasteiger charge is -2.34. The maximum absolute atomic E-state index is 12.6. The van der Waals surface area contributed by atoms with E-state index in [-0.39, 0.29) is 11.8 Å². The molecule has 0 bridgehead atoms. The summed E-state index contributed by atoms with van der Waals surface area (Å²) in [5, 5.41) is 0. The summed E-state index contributed by atoms with van der Waals surface area (Å²) in [7, 11) is 0. The average Bonchev–Trinajstić information content (AvgIpc) is 2.79. The van der Waals surface area contributed by atoms with Crippen molar-refractivity contribution in [1.82, 2.24) is 9.80 Å². The molecule has 0 spiro atoms. The predicted octanol–water partition coefficient (Wildman–Crippen LogP) is 3.79. The first-order valence-corrected chi connectivity index (χ1v) is 10.7. The van der Waals surface area contributed by atoms with Gasteiger partial charge >= 0.3 is 0 Å². The van der Waals surface area contributed by atoms with Crippen molar-refractivity contribution in [2.24, 2.45) is 0 Å². The molecule has 1 aliphatic heterocycles. The van der Waals surface area contributed by atoms with Gasteiger partial charge in [-0.3, -0.25) is 9.59 Å². The average molecular weight is 423 g/mol. The zero-order valence-electron chi connectivity index (χ0n) is 18.5. The number of nitrogens with zero attached hydrogens (tertiary/aromatic N) is 2. The van der Waals surface area contributed by atoms with Gasteiger partial charge < -0.3 is 19.3 Å². The van der Waals surface area contributed by atoms with Gasteiger partial charge in [0.1, 0.15) is 0 Å². The van der Waals surface area contributed by atoms with Gasteiger partial charge in [0, 0.05) is 37.8 Å². The molecule has 31 heavy (non-hydrogen) atoms. The molecular formula is C25H30N2O4. The van der Waals surface area contributed by atoms with Crippen molar-refractivity contribution in [2.45, 2.75) is 20.8 Å². The standard InChI is InChI=1S/C25H30N2O4/c1-4-30-22-12-8-20(18-23(22)31-5-2)9-13-24(28)26-14-16-27(17-15-26)25(29)21-10-6-19(3)7-11-21/h6-13,18H,4-5,14-17H2,1-3H3/b13-9+. The van der Waals surface area contributed by atoms with Crippen LogP contribution in [-0.4, -0.2) is 61.0 Å². The lowest BCUT2D eigenvalue weighted by molar-refractivity contribution is -0.127. The molecule has 0 radical (unpaired) electrons. The van der Waals surface area contributed by atoms with Crippen molar-refractivity contribution in [3.63, 3.8) is 0 Å². The van der Waals surface area contributed by atoms with Gasteiger partial charge in [0.15, 0.2) is 11.5 Å². The van der Waals surface area contributed by atoms with E-state index in [9.17, 15) is 9.59 Å². The van der Waals surface area contributed by atoms with Crippen molar-refractivity contribution in [3.8, 4) is 11.5 Å². The van der Waals surface area contributed by atoms with Crippen LogP contribution < -0.4 is 9.47 Å². The maximum atomic E-state index is 12.6. The number of ether oxygens (including phenoxy) is 2. The Bertz CT molecular complexity index is 929. The van der Waals surface area contributed by atoms with Gasteiger partial charge in [-0.1, -0.05) is 23.8 Å². The number of rotatable bonds is 7. The Balaban J connectivity index is 1.57. The van der Waals surface area contributed by atoms with Crippen LogP contribution in [0, 0.1) is 6.92 Å². The topological polar surface area (TPSA) is 59.1 Å². The summed E-state index contributed by atoms with van der Waals surface area (Å²) in [4.78, 5) is 28.8. The number of amides is 2. The quantitative estimate of drug-likeness (QED) is 0.637. The first-order chi connectivity index (χ1) is 15.0. The second kappa shape index (κ2) is 10.7. The lowest BCUT2D eigenvalue weighted by Crippen LogP contribution is -2.50. The minimum atomic E-state index is -0.0609. The molecule has 1 fully saturated rings. The zero-order chi connectivity index (χ0) is 22.2. The fraction of sp³-hybridized carbons (Fsp3) is 0.360. The molecule has 164 valence electrons. The number of carbonyl (C=O) groups is 2. The first kappa shape index (κ1) is 22.4. The molecule has 2 aromatic rings. The van der Waals surface area contributed by atoms with Crippen LogP contribution in [0.1, 0.15) is 35.3 Å². The molecule has 0 N–H and O–H groups in total. The minimum absolute atomic E-state index is 0.0143. The number of hydrogen-bond donors (Lipinski definition) is 0. The highest BCUT2D eigenvalue weighted by Crippen LogP contribution is 2.29. The van der Waals surface area contributed by atoms with Crippen LogP contribution in [0.4, 0.5) is 0 Å². The Hall–Kier alpha value is -3.28. The number of piperazine rings is 1. The molecule has 6 nitrogen and oxygen atoms in total. The molecule has 6 heteroatoms. The van der Waals surface area contributed by atoms with Crippen molar-refractivity contribution >= 4 is 17.9 Å². The van der Waals surface area contributed by atoms with Gasteiger partial charge in [-0.25, -0.2) is 0 Å². The first-order valence-electron chi connectivity index (χ1n) is 10.7. The summed E-state index contributed by atoms with van der Waals surface area (Å²) in [6, 6.07) is 13.2. The highest BCUT2D eigenvalue weighted by molar-refractivity contribution is 5.95. The highest BCUT2D eigenvalue weighted by atomic mass is 16.5. The Morgan fingerprint density at radius 2 is 1.48 bits per heavy atom. The largest absolute Gasteiger partial charge is 0.490 e. The SMILES string of the molecule is CCOc1ccc(/C=C/C(=O)N2CCN(C(=O)c3ccc(C)cc3)CC2)cc1OCC. The van der Waals surface area contributed by atoms with Crippen molar-refractivity contribution in [1.29, 1.82) is 0 Å². The Morgan fingerprint density at radius 3 is 2.13 bits per heavy atom. The van der Waals surface area contributed by atoms with Gasteiger partial charge in [-0.2, -0.15) is 0 Å². The fourth-order valence-corrected chi connectivity index (χ4v) is 3.45. The van der Waals surface area contributed by atoms with Crippen molar-refractivity contribution in [3.05, 3.63) is 65.2 Å². The summed E-state index contributed by atoms with van der Waals surface area (Å²) in [5.41, 5.74) is 2.68. The zero-order valence-corrected chi connectivity index (χ0v) is 18.5. The summed E-state index contributed by atoms with van der Waals surface area (Å²) < 4.78 is 11.2. The normalized spacial score (nSPS) is 14.0. The third kappa shape index (κ3) is 5.87. The van der Waals surface area contributed by atoms with Crippen LogP contribution in [0.5, 0.6) is 11.5 Å². The van der Waals surface area contributed by atoms with E-state index in [4.69, 9.17) is 9.47 Å². The fourth-order valence-electron chi connectivity index (χ4n) is 3.45. The van der Waals surface area contributed by atoms with Crippen molar-refractivity contribution in [2.75, 3.05) is 39.4 Å². The van der Waals surface area contributed by atoms with Crippen LogP contribution in [0.3, 0.4) is 0 Å². The monoisotopic (exact) mass is 422 g/mol. The van der Waals surface area contributed by atoms with E-state index in [0.29, 0.717) is 56.5 Å². The molecule has 1 saturated heterocycles. The molecule has 1 heterocycles. The number of hydrogen-bond acceptors (Lipinski definition) is 4. The third-order valence-electron chi connectivity index (χ3n) is 5.16. The molecule has 1 aliphatic rings. The van der Waals surface area contributed by atoms with Gasteiger partial charge in [-0.15, -0.1) is 0 Å². The Morgan fingerprint density at radius 1 is 0.871 bits per heavy atom. The number of aryl methyl sites for hydroxylation is 1. The van der Waals surface area contributed by atoms with E-state index >= 15 is 0 Å². The second-order valence-electron chi connectivity index (χ2n) is 7.39. The molecule has 2 amide bonds. The predicted molar refractivity (Wildman–Crippen MR) is 121 cm³/mol. The van der Waals surface area contributed by atoms with Crippen LogP contribution in [-0.2, 0) is 4.79 Å². The molecule has 0 unspecified atom stereocenters. The third-order valence-corrected chi connectivity index (χ3v) is 5.16. The van der Waals surface area contributed by atoms with Crippen LogP contribution in [0.2, 0.25) is 0 Å². The Kier molecular flexibility index (Phi) is 7.70.